The summed E-state index contributed by atoms with van der Waals surface area (Å²) < 4.78 is 0. The molecule has 0 spiro atoms. The second kappa shape index (κ2) is 4.43. The van der Waals surface area contributed by atoms with Gasteiger partial charge in [0, 0.05) is 19.1 Å². The highest BCUT2D eigenvalue weighted by molar-refractivity contribution is 5.18. The van der Waals surface area contributed by atoms with Gasteiger partial charge in [-0.2, -0.15) is 0 Å². The van der Waals surface area contributed by atoms with Gasteiger partial charge >= 0.3 is 0 Å². The first-order valence-electron chi connectivity index (χ1n) is 5.32. The molecule has 0 saturated carbocycles. The lowest BCUT2D eigenvalue weighted by Gasteiger charge is -2.30. The molecule has 0 fully saturated rings. The molecule has 1 aromatic rings. The molecule has 1 aromatic carbocycles. The molecule has 1 heteroatoms. The number of hydrogen-bond donors (Lipinski definition) is 0. The van der Waals surface area contributed by atoms with Crippen molar-refractivity contribution in [3.05, 3.63) is 48.0 Å². The zero-order chi connectivity index (χ0) is 9.80. The summed E-state index contributed by atoms with van der Waals surface area (Å²) >= 11 is 0. The van der Waals surface area contributed by atoms with E-state index in [2.05, 4.69) is 54.3 Å². The lowest BCUT2D eigenvalue weighted by atomic mass is 10.1. The zero-order valence-electron chi connectivity index (χ0n) is 8.69. The van der Waals surface area contributed by atoms with E-state index in [9.17, 15) is 0 Å². The first-order valence-corrected chi connectivity index (χ1v) is 5.32. The quantitative estimate of drug-likeness (QED) is 0.643. The Labute approximate surface area is 86.1 Å². The summed E-state index contributed by atoms with van der Waals surface area (Å²) in [6.07, 6.45) is 5.73. The van der Waals surface area contributed by atoms with Gasteiger partial charge in [0.1, 0.15) is 0 Å². The molecule has 0 radical (unpaired) electrons. The topological polar surface area (TPSA) is 3.24 Å². The van der Waals surface area contributed by atoms with E-state index in [0.29, 0.717) is 6.04 Å². The van der Waals surface area contributed by atoms with Crippen LogP contribution >= 0.6 is 0 Å². The number of rotatable bonds is 2. The van der Waals surface area contributed by atoms with Crippen molar-refractivity contribution < 1.29 is 0 Å². The molecule has 1 heterocycles. The molecule has 1 nitrogen and oxygen atoms in total. The van der Waals surface area contributed by atoms with Crippen LogP contribution in [-0.2, 0) is 0 Å². The first kappa shape index (κ1) is 9.47. The highest BCUT2D eigenvalue weighted by Gasteiger charge is 2.14. The SMILES string of the molecule is CC(c1ccccc1)N1CC=CCC1. The molecular weight excluding hydrogens is 170 g/mol. The normalized spacial score (nSPS) is 19.5. The fraction of sp³-hybridized carbons (Fsp3) is 0.385. The third-order valence-corrected chi connectivity index (χ3v) is 2.92. The Morgan fingerprint density at radius 2 is 1.93 bits per heavy atom. The van der Waals surface area contributed by atoms with E-state index < -0.39 is 0 Å². The fourth-order valence-electron chi connectivity index (χ4n) is 1.95. The molecule has 0 bridgehead atoms. The van der Waals surface area contributed by atoms with Crippen LogP contribution in [0.4, 0.5) is 0 Å². The second-order valence-electron chi connectivity index (χ2n) is 3.84. The summed E-state index contributed by atoms with van der Waals surface area (Å²) in [5, 5.41) is 0. The molecule has 74 valence electrons. The third kappa shape index (κ3) is 2.05. The average Bonchev–Trinajstić information content (AvgIpc) is 2.30. The Morgan fingerprint density at radius 3 is 2.57 bits per heavy atom. The van der Waals surface area contributed by atoms with Crippen LogP contribution in [0.1, 0.15) is 24.9 Å². The van der Waals surface area contributed by atoms with Crippen molar-refractivity contribution in [2.75, 3.05) is 13.1 Å². The molecule has 1 aliphatic heterocycles. The van der Waals surface area contributed by atoms with Crippen molar-refractivity contribution in [1.29, 1.82) is 0 Å². The van der Waals surface area contributed by atoms with E-state index in [4.69, 9.17) is 0 Å². The third-order valence-electron chi connectivity index (χ3n) is 2.92. The van der Waals surface area contributed by atoms with Crippen LogP contribution in [0.25, 0.3) is 0 Å². The highest BCUT2D eigenvalue weighted by atomic mass is 15.1. The molecule has 0 aliphatic carbocycles. The Hall–Kier alpha value is -1.08. The molecule has 0 aromatic heterocycles. The molecule has 1 aliphatic rings. The van der Waals surface area contributed by atoms with Crippen LogP contribution in [0.5, 0.6) is 0 Å². The van der Waals surface area contributed by atoms with Crippen molar-refractivity contribution in [1.82, 2.24) is 4.90 Å². The predicted molar refractivity (Wildman–Crippen MR) is 60.2 cm³/mol. The lowest BCUT2D eigenvalue weighted by Crippen LogP contribution is -2.30. The van der Waals surface area contributed by atoms with Crippen LogP contribution in [0, 0.1) is 0 Å². The van der Waals surface area contributed by atoms with Crippen LogP contribution in [-0.4, -0.2) is 18.0 Å². The maximum Gasteiger partial charge on any atom is 0.0323 e. The van der Waals surface area contributed by atoms with E-state index in [0.717, 1.165) is 6.54 Å². The maximum absolute atomic E-state index is 2.51. The minimum absolute atomic E-state index is 0.543. The van der Waals surface area contributed by atoms with Gasteiger partial charge in [-0.05, 0) is 18.9 Å². The van der Waals surface area contributed by atoms with Gasteiger partial charge < -0.3 is 0 Å². The molecule has 0 amide bonds. The van der Waals surface area contributed by atoms with E-state index in [1.165, 1.54) is 18.5 Å². The van der Waals surface area contributed by atoms with Gasteiger partial charge in [-0.15, -0.1) is 0 Å². The van der Waals surface area contributed by atoms with Gasteiger partial charge in [0.2, 0.25) is 0 Å². The minimum Gasteiger partial charge on any atom is -0.293 e. The van der Waals surface area contributed by atoms with Crippen molar-refractivity contribution in [2.45, 2.75) is 19.4 Å². The molecular formula is C13H17N. The van der Waals surface area contributed by atoms with Crippen LogP contribution in [0.15, 0.2) is 42.5 Å². The van der Waals surface area contributed by atoms with E-state index >= 15 is 0 Å². The molecule has 0 N–H and O–H groups in total. The zero-order valence-corrected chi connectivity index (χ0v) is 8.69. The average molecular weight is 187 g/mol. The fourth-order valence-corrected chi connectivity index (χ4v) is 1.95. The van der Waals surface area contributed by atoms with Gasteiger partial charge in [0.05, 0.1) is 0 Å². The summed E-state index contributed by atoms with van der Waals surface area (Å²) in [5.74, 6) is 0. The number of hydrogen-bond acceptors (Lipinski definition) is 1. The summed E-state index contributed by atoms with van der Waals surface area (Å²) in [6.45, 7) is 4.57. The Balaban J connectivity index is 2.08. The van der Waals surface area contributed by atoms with Gasteiger partial charge in [-0.25, -0.2) is 0 Å². The highest BCUT2D eigenvalue weighted by Crippen LogP contribution is 2.21. The molecule has 1 unspecified atom stereocenters. The predicted octanol–water partition coefficient (Wildman–Crippen LogP) is 3.01. The molecule has 0 saturated heterocycles. The summed E-state index contributed by atoms with van der Waals surface area (Å²) in [4.78, 5) is 2.51. The van der Waals surface area contributed by atoms with Gasteiger partial charge in [-0.3, -0.25) is 4.90 Å². The first-order chi connectivity index (χ1) is 6.88. The van der Waals surface area contributed by atoms with Crippen LogP contribution in [0.3, 0.4) is 0 Å². The van der Waals surface area contributed by atoms with Crippen molar-refractivity contribution in [3.8, 4) is 0 Å². The Kier molecular flexibility index (Phi) is 3.00. The monoisotopic (exact) mass is 187 g/mol. The van der Waals surface area contributed by atoms with Crippen molar-refractivity contribution >= 4 is 0 Å². The Bertz CT molecular complexity index is 302. The van der Waals surface area contributed by atoms with Gasteiger partial charge in [0.15, 0.2) is 0 Å². The van der Waals surface area contributed by atoms with Crippen molar-refractivity contribution in [3.63, 3.8) is 0 Å². The second-order valence-corrected chi connectivity index (χ2v) is 3.84. The van der Waals surface area contributed by atoms with Crippen LogP contribution < -0.4 is 0 Å². The van der Waals surface area contributed by atoms with E-state index in [1.807, 2.05) is 0 Å². The lowest BCUT2D eigenvalue weighted by molar-refractivity contribution is 0.231. The van der Waals surface area contributed by atoms with Gasteiger partial charge in [0.25, 0.3) is 0 Å². The number of benzene rings is 1. The minimum atomic E-state index is 0.543. The summed E-state index contributed by atoms with van der Waals surface area (Å²) in [6, 6.07) is 11.3. The molecule has 1 atom stereocenters. The maximum atomic E-state index is 2.51. The van der Waals surface area contributed by atoms with E-state index in [-0.39, 0.29) is 0 Å². The largest absolute Gasteiger partial charge is 0.293 e. The standard InChI is InChI=1S/C13H17N/c1-12(13-8-4-2-5-9-13)14-10-6-3-7-11-14/h2-6,8-9,12H,7,10-11H2,1H3. The summed E-state index contributed by atoms with van der Waals surface area (Å²) in [7, 11) is 0. The molecule has 2 rings (SSSR count). The van der Waals surface area contributed by atoms with E-state index in [1.54, 1.807) is 0 Å². The smallest absolute Gasteiger partial charge is 0.0323 e. The summed E-state index contributed by atoms with van der Waals surface area (Å²) in [5.41, 5.74) is 1.42. The van der Waals surface area contributed by atoms with Crippen LogP contribution in [0.2, 0.25) is 0 Å². The molecule has 14 heavy (non-hydrogen) atoms. The number of nitrogens with zero attached hydrogens (tertiary/aromatic N) is 1. The van der Waals surface area contributed by atoms with Gasteiger partial charge in [-0.1, -0.05) is 42.5 Å². The van der Waals surface area contributed by atoms with Crippen molar-refractivity contribution in [2.24, 2.45) is 0 Å². The Morgan fingerprint density at radius 1 is 1.14 bits per heavy atom.